The first kappa shape index (κ1) is 18.0. The third-order valence-corrected chi connectivity index (χ3v) is 2.06. The molecule has 0 aromatic carbocycles. The molecular weight excluding hydrogens is 202 g/mol. The van der Waals surface area contributed by atoms with Crippen LogP contribution in [0.25, 0.3) is 0 Å². The third-order valence-electron chi connectivity index (χ3n) is 1.26. The molecule has 78 valence electrons. The zero-order chi connectivity index (χ0) is 8.04. The molecule has 0 aliphatic rings. The van der Waals surface area contributed by atoms with Gasteiger partial charge in [-0.25, -0.2) is 0 Å². The van der Waals surface area contributed by atoms with Gasteiger partial charge in [0.25, 0.3) is 10.1 Å². The summed E-state index contributed by atoms with van der Waals surface area (Å²) in [4.78, 5) is 0. The number of quaternary nitrogens is 1. The summed E-state index contributed by atoms with van der Waals surface area (Å²) in [5.74, 6) is -0.0903. The van der Waals surface area contributed by atoms with Crippen molar-refractivity contribution in [2.75, 3.05) is 5.75 Å². The summed E-state index contributed by atoms with van der Waals surface area (Å²) in [5, 5.41) is 0. The largest absolute Gasteiger partial charge is 1.00 e. The van der Waals surface area contributed by atoms with Gasteiger partial charge in [0.2, 0.25) is 0 Å². The molecule has 0 aliphatic carbocycles. The van der Waals surface area contributed by atoms with Crippen molar-refractivity contribution in [3.63, 3.8) is 0 Å². The zero-order valence-corrected chi connectivity index (χ0v) is 9.16. The number of hydrogen-bond donors (Lipinski definition) is 2. The molecule has 4 nitrogen and oxygen atoms in total. The second-order valence-corrected chi connectivity index (χ2v) is 3.92. The van der Waals surface area contributed by atoms with E-state index in [9.17, 15) is 8.42 Å². The van der Waals surface area contributed by atoms with Crippen LogP contribution in [0.1, 0.15) is 32.6 Å². The molecule has 0 aromatic heterocycles. The second kappa shape index (κ2) is 9.25. The minimum Gasteiger partial charge on any atom is -1.00 e. The first-order chi connectivity index (χ1) is 4.56. The van der Waals surface area contributed by atoms with Gasteiger partial charge in [-0.05, 0) is 6.42 Å². The first-order valence-electron chi connectivity index (χ1n) is 3.51. The lowest BCUT2D eigenvalue weighted by atomic mass is 10.2. The van der Waals surface area contributed by atoms with E-state index < -0.39 is 10.1 Å². The van der Waals surface area contributed by atoms with Gasteiger partial charge in [0.05, 0.1) is 5.75 Å². The highest BCUT2D eigenvalue weighted by Gasteiger charge is 2.01. The van der Waals surface area contributed by atoms with E-state index in [4.69, 9.17) is 4.55 Å². The Morgan fingerprint density at radius 3 is 2.00 bits per heavy atom. The fraction of sp³-hybridized carbons (Fsp3) is 1.00. The maximum atomic E-state index is 10.1. The molecule has 0 heterocycles. The maximum absolute atomic E-state index is 10.1. The minimum absolute atomic E-state index is 0. The number of rotatable bonds is 5. The monoisotopic (exact) mass is 219 g/mol. The molecular formula is C6H18ClNO3S. The Balaban J connectivity index is -0.000000405. The zero-order valence-electron chi connectivity index (χ0n) is 7.59. The van der Waals surface area contributed by atoms with E-state index in [2.05, 4.69) is 0 Å². The lowest BCUT2D eigenvalue weighted by molar-refractivity contribution is -0.00000689. The summed E-state index contributed by atoms with van der Waals surface area (Å²) in [5.41, 5.74) is 0. The van der Waals surface area contributed by atoms with E-state index in [1.54, 1.807) is 0 Å². The smallest absolute Gasteiger partial charge is 0.264 e. The van der Waals surface area contributed by atoms with Crippen molar-refractivity contribution in [2.45, 2.75) is 32.6 Å². The topological polar surface area (TPSA) is 90.9 Å². The predicted molar refractivity (Wildman–Crippen MR) is 46.5 cm³/mol. The normalized spacial score (nSPS) is 9.83. The molecule has 0 saturated heterocycles. The fourth-order valence-corrected chi connectivity index (χ4v) is 1.28. The minimum atomic E-state index is -3.70. The van der Waals surface area contributed by atoms with Crippen LogP contribution in [-0.2, 0) is 10.1 Å². The van der Waals surface area contributed by atoms with E-state index in [1.165, 1.54) is 0 Å². The van der Waals surface area contributed by atoms with Crippen LogP contribution in [0, 0.1) is 0 Å². The molecule has 0 amide bonds. The second-order valence-electron chi connectivity index (χ2n) is 2.35. The highest BCUT2D eigenvalue weighted by Crippen LogP contribution is 2.00. The highest BCUT2D eigenvalue weighted by atomic mass is 35.5. The van der Waals surface area contributed by atoms with Gasteiger partial charge in [-0.15, -0.1) is 0 Å². The molecule has 0 unspecified atom stereocenters. The van der Waals surface area contributed by atoms with E-state index >= 15 is 0 Å². The molecule has 0 fully saturated rings. The van der Waals surface area contributed by atoms with Gasteiger partial charge >= 0.3 is 0 Å². The van der Waals surface area contributed by atoms with Gasteiger partial charge in [0.15, 0.2) is 0 Å². The van der Waals surface area contributed by atoms with Crippen LogP contribution in [0.15, 0.2) is 0 Å². The molecule has 0 rings (SSSR count). The Morgan fingerprint density at radius 1 is 1.17 bits per heavy atom. The molecule has 0 radical (unpaired) electrons. The lowest BCUT2D eigenvalue weighted by Crippen LogP contribution is -3.00. The number of hydrogen-bond acceptors (Lipinski definition) is 2. The quantitative estimate of drug-likeness (QED) is 0.451. The van der Waals surface area contributed by atoms with Crippen LogP contribution in [0.5, 0.6) is 0 Å². The van der Waals surface area contributed by atoms with Crippen molar-refractivity contribution in [1.82, 2.24) is 6.15 Å². The summed E-state index contributed by atoms with van der Waals surface area (Å²) in [6.45, 7) is 2.05. The van der Waals surface area contributed by atoms with Crippen molar-refractivity contribution >= 4 is 10.1 Å². The van der Waals surface area contributed by atoms with E-state index in [0.717, 1.165) is 19.3 Å². The van der Waals surface area contributed by atoms with Gasteiger partial charge in [0.1, 0.15) is 0 Å². The summed E-state index contributed by atoms with van der Waals surface area (Å²) in [7, 11) is -3.70. The average molecular weight is 220 g/mol. The third kappa shape index (κ3) is 16.6. The van der Waals surface area contributed by atoms with Gasteiger partial charge in [-0.3, -0.25) is 4.55 Å². The Bertz CT molecular complexity index is 170. The Hall–Kier alpha value is 0.160. The van der Waals surface area contributed by atoms with Gasteiger partial charge in [-0.1, -0.05) is 26.2 Å². The number of unbranched alkanes of at least 4 members (excludes halogenated alkanes) is 3. The van der Waals surface area contributed by atoms with Crippen LogP contribution in [0.2, 0.25) is 0 Å². The van der Waals surface area contributed by atoms with Crippen molar-refractivity contribution in [1.29, 1.82) is 0 Å². The first-order valence-corrected chi connectivity index (χ1v) is 5.12. The lowest BCUT2D eigenvalue weighted by Gasteiger charge is -1.95. The predicted octanol–water partition coefficient (Wildman–Crippen LogP) is -1.17. The molecule has 0 bridgehead atoms. The summed E-state index contributed by atoms with van der Waals surface area (Å²) in [6, 6.07) is 0. The van der Waals surface area contributed by atoms with Crippen molar-refractivity contribution in [3.05, 3.63) is 0 Å². The molecule has 0 atom stereocenters. The van der Waals surface area contributed by atoms with E-state index in [0.29, 0.717) is 6.42 Å². The van der Waals surface area contributed by atoms with Crippen LogP contribution in [0.3, 0.4) is 0 Å². The van der Waals surface area contributed by atoms with Crippen LogP contribution >= 0.6 is 0 Å². The van der Waals surface area contributed by atoms with E-state index in [-0.39, 0.29) is 24.3 Å². The van der Waals surface area contributed by atoms with Crippen molar-refractivity contribution in [2.24, 2.45) is 0 Å². The highest BCUT2D eigenvalue weighted by molar-refractivity contribution is 7.85. The van der Waals surface area contributed by atoms with Crippen LogP contribution < -0.4 is 18.6 Å². The summed E-state index contributed by atoms with van der Waals surface area (Å²) < 4.78 is 28.6. The Morgan fingerprint density at radius 2 is 1.67 bits per heavy atom. The van der Waals surface area contributed by atoms with E-state index in [1.807, 2.05) is 6.92 Å². The molecule has 0 spiro atoms. The summed E-state index contributed by atoms with van der Waals surface area (Å²) >= 11 is 0. The molecule has 0 saturated carbocycles. The maximum Gasteiger partial charge on any atom is 0.264 e. The molecule has 0 aliphatic heterocycles. The molecule has 6 heteroatoms. The standard InChI is InChI=1S/C6H14O3S.ClH.H3N/c1-2-3-4-5-6-10(7,8)9;;/h2-6H2,1H3,(H,7,8,9);1H;1H3. The Labute approximate surface area is 80.5 Å². The van der Waals surface area contributed by atoms with Crippen molar-refractivity contribution < 1.29 is 25.4 Å². The fourth-order valence-electron chi connectivity index (χ4n) is 0.711. The molecule has 5 N–H and O–H groups in total. The summed E-state index contributed by atoms with van der Waals surface area (Å²) in [6.07, 6.45) is 3.57. The van der Waals surface area contributed by atoms with Crippen LogP contribution in [-0.4, -0.2) is 18.7 Å². The SMILES string of the molecule is CCCCCCS(=O)(=O)O.[Cl-].[NH4+]. The Kier molecular flexibility index (Phi) is 13.9. The van der Waals surface area contributed by atoms with Gasteiger partial charge in [0, 0.05) is 0 Å². The molecule has 0 aromatic rings. The average Bonchev–Trinajstić information content (AvgIpc) is 1.78. The molecule has 12 heavy (non-hydrogen) atoms. The number of halogens is 1. The van der Waals surface area contributed by atoms with Gasteiger partial charge < -0.3 is 18.6 Å². The van der Waals surface area contributed by atoms with Gasteiger partial charge in [-0.2, -0.15) is 8.42 Å². The van der Waals surface area contributed by atoms with Crippen LogP contribution in [0.4, 0.5) is 0 Å². The van der Waals surface area contributed by atoms with Crippen molar-refractivity contribution in [3.8, 4) is 0 Å².